The van der Waals surface area contributed by atoms with E-state index in [4.69, 9.17) is 16.6 Å². The number of thiophene rings is 1. The van der Waals surface area contributed by atoms with Crippen LogP contribution in [0.5, 0.6) is 0 Å². The van der Waals surface area contributed by atoms with Gasteiger partial charge in [0.1, 0.15) is 0 Å². The lowest BCUT2D eigenvalue weighted by Crippen LogP contribution is -2.37. The molecule has 0 bridgehead atoms. The highest BCUT2D eigenvalue weighted by atomic mass is 35.5. The number of carbonyl (C=O) groups is 1. The zero-order valence-corrected chi connectivity index (χ0v) is 18.1. The molecule has 0 atom stereocenters. The zero-order valence-electron chi connectivity index (χ0n) is 14.9. The predicted molar refractivity (Wildman–Crippen MR) is 116 cm³/mol. The summed E-state index contributed by atoms with van der Waals surface area (Å²) < 4.78 is 0.940. The molecular formula is C18H21Cl2N3OS2. The Labute approximate surface area is 172 Å². The van der Waals surface area contributed by atoms with E-state index >= 15 is 0 Å². The third-order valence-corrected chi connectivity index (χ3v) is 6.31. The first kappa shape index (κ1) is 21.1. The van der Waals surface area contributed by atoms with Gasteiger partial charge < -0.3 is 4.90 Å². The van der Waals surface area contributed by atoms with E-state index in [0.29, 0.717) is 18.0 Å². The molecule has 0 spiro atoms. The Morgan fingerprint density at radius 1 is 1.23 bits per heavy atom. The van der Waals surface area contributed by atoms with Crippen LogP contribution >= 0.6 is 46.7 Å². The summed E-state index contributed by atoms with van der Waals surface area (Å²) in [6, 6.07) is 7.81. The molecule has 0 saturated carbocycles. The van der Waals surface area contributed by atoms with Gasteiger partial charge >= 0.3 is 0 Å². The van der Waals surface area contributed by atoms with Crippen LogP contribution in [-0.2, 0) is 11.2 Å². The van der Waals surface area contributed by atoms with E-state index in [1.165, 1.54) is 11.3 Å². The standard InChI is InChI=1S/C18H20ClN3OS2.ClH/c1-12-6-7-14(19)17-16(12)20-18(25-17)22(9-8-21(2)3)15(23)11-13-5-4-10-24-13;/h4-7,10H,8-9,11H2,1-3H3;1H. The normalized spacial score (nSPS) is 11.0. The maximum atomic E-state index is 12.9. The number of anilines is 1. The Bertz CT molecular complexity index is 839. The maximum Gasteiger partial charge on any atom is 0.234 e. The van der Waals surface area contributed by atoms with Crippen LogP contribution in [0.3, 0.4) is 0 Å². The number of amides is 1. The van der Waals surface area contributed by atoms with Crippen LogP contribution in [0, 0.1) is 6.92 Å². The van der Waals surface area contributed by atoms with Crippen molar-refractivity contribution in [1.82, 2.24) is 9.88 Å². The molecule has 2 aromatic heterocycles. The number of carbonyl (C=O) groups excluding carboxylic acids is 1. The van der Waals surface area contributed by atoms with Gasteiger partial charge in [0.15, 0.2) is 5.13 Å². The summed E-state index contributed by atoms with van der Waals surface area (Å²) in [5.74, 6) is 0.0668. The Hall–Kier alpha value is -1.18. The van der Waals surface area contributed by atoms with E-state index in [9.17, 15) is 4.79 Å². The summed E-state index contributed by atoms with van der Waals surface area (Å²) in [5, 5.41) is 3.39. The molecule has 0 unspecified atom stereocenters. The summed E-state index contributed by atoms with van der Waals surface area (Å²) in [5.41, 5.74) is 1.95. The number of hydrogen-bond acceptors (Lipinski definition) is 5. The monoisotopic (exact) mass is 429 g/mol. The molecule has 0 N–H and O–H groups in total. The molecule has 3 aromatic rings. The van der Waals surface area contributed by atoms with Crippen molar-refractivity contribution in [3.63, 3.8) is 0 Å². The van der Waals surface area contributed by atoms with E-state index in [1.54, 1.807) is 16.2 Å². The molecule has 2 heterocycles. The van der Waals surface area contributed by atoms with Gasteiger partial charge in [0.25, 0.3) is 0 Å². The minimum atomic E-state index is 0. The third-order valence-electron chi connectivity index (χ3n) is 3.89. The molecule has 0 aliphatic rings. The topological polar surface area (TPSA) is 36.4 Å². The number of nitrogens with zero attached hydrogens (tertiary/aromatic N) is 3. The summed E-state index contributed by atoms with van der Waals surface area (Å²) in [6.45, 7) is 3.40. The minimum absolute atomic E-state index is 0. The molecule has 0 aliphatic heterocycles. The van der Waals surface area contributed by atoms with Crippen molar-refractivity contribution < 1.29 is 4.79 Å². The van der Waals surface area contributed by atoms with Gasteiger partial charge in [0, 0.05) is 18.0 Å². The Balaban J connectivity index is 0.00000243. The molecule has 140 valence electrons. The van der Waals surface area contributed by atoms with Gasteiger partial charge in [-0.15, -0.1) is 23.7 Å². The van der Waals surface area contributed by atoms with Gasteiger partial charge in [0.2, 0.25) is 5.91 Å². The fraction of sp³-hybridized carbons (Fsp3) is 0.333. The van der Waals surface area contributed by atoms with Crippen molar-refractivity contribution in [2.75, 3.05) is 32.1 Å². The number of aromatic nitrogens is 1. The lowest BCUT2D eigenvalue weighted by Gasteiger charge is -2.21. The predicted octanol–water partition coefficient (Wildman–Crippen LogP) is 4.88. The van der Waals surface area contributed by atoms with Crippen LogP contribution in [-0.4, -0.2) is 43.0 Å². The fourth-order valence-corrected chi connectivity index (χ4v) is 4.55. The van der Waals surface area contributed by atoms with E-state index in [-0.39, 0.29) is 18.3 Å². The van der Waals surface area contributed by atoms with Crippen molar-refractivity contribution in [2.45, 2.75) is 13.3 Å². The second-order valence-corrected chi connectivity index (χ2v) is 8.56. The summed E-state index contributed by atoms with van der Waals surface area (Å²) in [4.78, 5) is 22.6. The van der Waals surface area contributed by atoms with Crippen LogP contribution in [0.4, 0.5) is 5.13 Å². The number of fused-ring (bicyclic) bond motifs is 1. The average molecular weight is 430 g/mol. The van der Waals surface area contributed by atoms with Gasteiger partial charge in [-0.05, 0) is 44.1 Å². The van der Waals surface area contributed by atoms with E-state index < -0.39 is 0 Å². The number of thiazole rings is 1. The van der Waals surface area contributed by atoms with Crippen LogP contribution < -0.4 is 4.90 Å². The molecule has 1 aromatic carbocycles. The highest BCUT2D eigenvalue weighted by Crippen LogP contribution is 2.35. The number of hydrogen-bond donors (Lipinski definition) is 0. The molecule has 0 fully saturated rings. The van der Waals surface area contributed by atoms with E-state index in [1.807, 2.05) is 50.7 Å². The quantitative estimate of drug-likeness (QED) is 0.559. The fourth-order valence-electron chi connectivity index (χ4n) is 2.49. The molecule has 1 amide bonds. The lowest BCUT2D eigenvalue weighted by atomic mass is 10.2. The minimum Gasteiger partial charge on any atom is -0.308 e. The number of halogens is 2. The number of aryl methyl sites for hydroxylation is 1. The van der Waals surface area contributed by atoms with Gasteiger partial charge in [-0.25, -0.2) is 4.98 Å². The molecule has 8 heteroatoms. The van der Waals surface area contributed by atoms with Gasteiger partial charge in [-0.2, -0.15) is 0 Å². The van der Waals surface area contributed by atoms with Crippen LogP contribution in [0.2, 0.25) is 5.02 Å². The second kappa shape index (κ2) is 9.15. The van der Waals surface area contributed by atoms with Crippen molar-refractivity contribution >= 4 is 67.9 Å². The van der Waals surface area contributed by atoms with E-state index in [2.05, 4.69) is 4.90 Å². The van der Waals surface area contributed by atoms with Crippen molar-refractivity contribution in [2.24, 2.45) is 0 Å². The van der Waals surface area contributed by atoms with Gasteiger partial charge in [-0.1, -0.05) is 35.1 Å². The molecule has 3 rings (SSSR count). The molecule has 4 nitrogen and oxygen atoms in total. The van der Waals surface area contributed by atoms with Crippen molar-refractivity contribution in [3.05, 3.63) is 45.1 Å². The first-order valence-corrected chi connectivity index (χ1v) is 10.1. The Morgan fingerprint density at radius 3 is 2.62 bits per heavy atom. The number of benzene rings is 1. The SMILES string of the molecule is Cc1ccc(Cl)c2sc(N(CCN(C)C)C(=O)Cc3cccs3)nc12.Cl. The molecular weight excluding hydrogens is 409 g/mol. The maximum absolute atomic E-state index is 12.9. The zero-order chi connectivity index (χ0) is 18.0. The number of likely N-dealkylation sites (N-methyl/N-ethyl adjacent to an activating group) is 1. The van der Waals surface area contributed by atoms with Crippen molar-refractivity contribution in [3.8, 4) is 0 Å². The summed E-state index contributed by atoms with van der Waals surface area (Å²) in [7, 11) is 4.00. The summed E-state index contributed by atoms with van der Waals surface area (Å²) in [6.07, 6.45) is 0.397. The number of rotatable bonds is 6. The largest absolute Gasteiger partial charge is 0.308 e. The van der Waals surface area contributed by atoms with E-state index in [0.717, 1.165) is 32.3 Å². The first-order valence-electron chi connectivity index (χ1n) is 7.99. The molecule has 0 radical (unpaired) electrons. The first-order chi connectivity index (χ1) is 12.0. The molecule has 0 aliphatic carbocycles. The second-order valence-electron chi connectivity index (χ2n) is 6.14. The third kappa shape index (κ3) is 4.75. The Morgan fingerprint density at radius 2 is 2.00 bits per heavy atom. The average Bonchev–Trinajstić information content (AvgIpc) is 3.21. The highest BCUT2D eigenvalue weighted by molar-refractivity contribution is 7.23. The highest BCUT2D eigenvalue weighted by Gasteiger charge is 2.21. The van der Waals surface area contributed by atoms with Crippen molar-refractivity contribution in [1.29, 1.82) is 0 Å². The Kier molecular flexibility index (Phi) is 7.43. The van der Waals surface area contributed by atoms with Gasteiger partial charge in [0.05, 0.1) is 21.7 Å². The van der Waals surface area contributed by atoms with Crippen LogP contribution in [0.15, 0.2) is 29.6 Å². The lowest BCUT2D eigenvalue weighted by molar-refractivity contribution is -0.118. The van der Waals surface area contributed by atoms with Crippen LogP contribution in [0.25, 0.3) is 10.2 Å². The molecule has 0 saturated heterocycles. The molecule has 26 heavy (non-hydrogen) atoms. The summed E-state index contributed by atoms with van der Waals surface area (Å²) >= 11 is 9.42. The van der Waals surface area contributed by atoms with Gasteiger partial charge in [-0.3, -0.25) is 9.69 Å². The van der Waals surface area contributed by atoms with Crippen LogP contribution in [0.1, 0.15) is 10.4 Å². The smallest absolute Gasteiger partial charge is 0.234 e.